The summed E-state index contributed by atoms with van der Waals surface area (Å²) < 4.78 is 6.11. The lowest BCUT2D eigenvalue weighted by Crippen LogP contribution is -2.36. The molecule has 1 aliphatic rings. The quantitative estimate of drug-likeness (QED) is 0.925. The lowest BCUT2D eigenvalue weighted by Gasteiger charge is -2.18. The lowest BCUT2D eigenvalue weighted by atomic mass is 10.2. The van der Waals surface area contributed by atoms with Gasteiger partial charge in [-0.2, -0.15) is 0 Å². The van der Waals surface area contributed by atoms with Crippen molar-refractivity contribution in [1.29, 1.82) is 0 Å². The maximum Gasteiger partial charge on any atom is 0.244 e. The van der Waals surface area contributed by atoms with Crippen molar-refractivity contribution in [3.8, 4) is 5.75 Å². The van der Waals surface area contributed by atoms with Crippen molar-refractivity contribution in [1.82, 2.24) is 5.32 Å². The van der Waals surface area contributed by atoms with Crippen molar-refractivity contribution in [2.45, 2.75) is 12.5 Å². The van der Waals surface area contributed by atoms with E-state index in [1.54, 1.807) is 12.0 Å². The normalized spacial score (nSPS) is 19.8. The number of nitrogens with one attached hydrogen (secondary N) is 1. The van der Waals surface area contributed by atoms with Crippen molar-refractivity contribution in [3.05, 3.63) is 22.7 Å². The molecule has 5 heteroatoms. The van der Waals surface area contributed by atoms with E-state index in [0.717, 1.165) is 28.9 Å². The van der Waals surface area contributed by atoms with Gasteiger partial charge >= 0.3 is 0 Å². The van der Waals surface area contributed by atoms with E-state index in [1.165, 1.54) is 0 Å². The number of hydrogen-bond acceptors (Lipinski definition) is 3. The van der Waals surface area contributed by atoms with Crippen LogP contribution in [0.1, 0.15) is 6.42 Å². The van der Waals surface area contributed by atoms with Crippen LogP contribution in [0.4, 0.5) is 5.69 Å². The highest BCUT2D eigenvalue weighted by atomic mass is 79.9. The molecule has 1 atom stereocenters. The number of anilines is 1. The third-order valence-corrected chi connectivity index (χ3v) is 3.42. The number of methoxy groups -OCH3 is 1. The smallest absolute Gasteiger partial charge is 0.244 e. The van der Waals surface area contributed by atoms with E-state index in [2.05, 4.69) is 21.2 Å². The summed E-state index contributed by atoms with van der Waals surface area (Å²) in [6.45, 7) is 0.740. The fourth-order valence-corrected chi connectivity index (χ4v) is 2.49. The Balaban J connectivity index is 2.29. The highest BCUT2D eigenvalue weighted by Gasteiger charge is 2.31. The minimum absolute atomic E-state index is 0.0695. The minimum atomic E-state index is -0.0695. The van der Waals surface area contributed by atoms with Gasteiger partial charge in [0.05, 0.1) is 13.2 Å². The van der Waals surface area contributed by atoms with Gasteiger partial charge in [0.25, 0.3) is 0 Å². The van der Waals surface area contributed by atoms with Crippen molar-refractivity contribution in [2.24, 2.45) is 0 Å². The monoisotopic (exact) mass is 298 g/mol. The second kappa shape index (κ2) is 5.06. The summed E-state index contributed by atoms with van der Waals surface area (Å²) in [5, 5.41) is 3.02. The van der Waals surface area contributed by atoms with E-state index >= 15 is 0 Å². The fraction of sp³-hybridized carbons (Fsp3) is 0.417. The van der Waals surface area contributed by atoms with Gasteiger partial charge in [0, 0.05) is 22.8 Å². The molecule has 1 aromatic carbocycles. The van der Waals surface area contributed by atoms with E-state index in [4.69, 9.17) is 4.74 Å². The van der Waals surface area contributed by atoms with Gasteiger partial charge in [-0.15, -0.1) is 0 Å². The number of likely N-dealkylation sites (N-methyl/N-ethyl adjacent to an activating group) is 1. The van der Waals surface area contributed by atoms with E-state index in [-0.39, 0.29) is 11.9 Å². The Bertz CT molecular complexity index is 437. The van der Waals surface area contributed by atoms with Crippen molar-refractivity contribution >= 4 is 27.5 Å². The van der Waals surface area contributed by atoms with Gasteiger partial charge in [-0.05, 0) is 25.6 Å². The summed E-state index contributed by atoms with van der Waals surface area (Å²) in [6.07, 6.45) is 0.837. The van der Waals surface area contributed by atoms with Crippen LogP contribution in [0.15, 0.2) is 22.7 Å². The van der Waals surface area contributed by atoms with Gasteiger partial charge in [0.15, 0.2) is 0 Å². The van der Waals surface area contributed by atoms with Crippen LogP contribution in [0, 0.1) is 0 Å². The van der Waals surface area contributed by atoms with E-state index in [9.17, 15) is 4.79 Å². The summed E-state index contributed by atoms with van der Waals surface area (Å²) in [5.41, 5.74) is 0.874. The van der Waals surface area contributed by atoms with Crippen molar-refractivity contribution < 1.29 is 9.53 Å². The molecule has 1 amide bonds. The molecule has 0 bridgehead atoms. The van der Waals surface area contributed by atoms with Gasteiger partial charge in [-0.25, -0.2) is 0 Å². The van der Waals surface area contributed by atoms with Gasteiger partial charge in [-0.1, -0.05) is 15.9 Å². The largest absolute Gasteiger partial charge is 0.497 e. The minimum Gasteiger partial charge on any atom is -0.497 e. The second-order valence-corrected chi connectivity index (χ2v) is 4.88. The molecule has 0 saturated carbocycles. The maximum atomic E-state index is 12.1. The number of rotatable bonds is 3. The third-order valence-electron chi connectivity index (χ3n) is 2.96. The highest BCUT2D eigenvalue weighted by molar-refractivity contribution is 9.10. The molecule has 1 N–H and O–H groups in total. The molecule has 1 fully saturated rings. The Morgan fingerprint density at radius 3 is 2.82 bits per heavy atom. The van der Waals surface area contributed by atoms with Crippen LogP contribution in [0.3, 0.4) is 0 Å². The second-order valence-electron chi connectivity index (χ2n) is 3.97. The number of hydrogen-bond donors (Lipinski definition) is 1. The zero-order chi connectivity index (χ0) is 12.4. The van der Waals surface area contributed by atoms with Crippen molar-refractivity contribution in [3.63, 3.8) is 0 Å². The van der Waals surface area contributed by atoms with Gasteiger partial charge in [0.1, 0.15) is 5.75 Å². The molecular formula is C12H15BrN2O2. The lowest BCUT2D eigenvalue weighted by molar-refractivity contribution is -0.118. The molecule has 1 heterocycles. The Morgan fingerprint density at radius 2 is 2.24 bits per heavy atom. The first-order valence-corrected chi connectivity index (χ1v) is 6.28. The molecule has 17 heavy (non-hydrogen) atoms. The van der Waals surface area contributed by atoms with Gasteiger partial charge < -0.3 is 15.0 Å². The molecule has 0 aromatic heterocycles. The van der Waals surface area contributed by atoms with Crippen LogP contribution in [-0.2, 0) is 4.79 Å². The zero-order valence-electron chi connectivity index (χ0n) is 9.87. The number of amides is 1. The predicted octanol–water partition coefficient (Wildman–Crippen LogP) is 1.78. The first kappa shape index (κ1) is 12.4. The number of carbonyl (C=O) groups excluding carboxylic acids is 1. The number of carbonyl (C=O) groups is 1. The number of ether oxygens (including phenoxy) is 1. The summed E-state index contributed by atoms with van der Waals surface area (Å²) in [6, 6.07) is 5.61. The molecule has 0 aliphatic carbocycles. The van der Waals surface area contributed by atoms with Crippen LogP contribution < -0.4 is 15.0 Å². The van der Waals surface area contributed by atoms with E-state index in [1.807, 2.05) is 25.2 Å². The maximum absolute atomic E-state index is 12.1. The third kappa shape index (κ3) is 2.45. The molecule has 1 unspecified atom stereocenters. The Kier molecular flexibility index (Phi) is 3.69. The molecule has 1 saturated heterocycles. The SMILES string of the molecule is CNC1CCN(c2cc(Br)cc(OC)c2)C1=O. The molecule has 0 spiro atoms. The first-order valence-electron chi connectivity index (χ1n) is 5.49. The van der Waals surface area contributed by atoms with Gasteiger partial charge in [0.2, 0.25) is 5.91 Å². The van der Waals surface area contributed by atoms with E-state index in [0.29, 0.717) is 0 Å². The fourth-order valence-electron chi connectivity index (χ4n) is 2.03. The van der Waals surface area contributed by atoms with Crippen LogP contribution in [0.5, 0.6) is 5.75 Å². The van der Waals surface area contributed by atoms with Crippen molar-refractivity contribution in [2.75, 3.05) is 25.6 Å². The molecule has 1 aromatic rings. The molecular weight excluding hydrogens is 284 g/mol. The standard InChI is InChI=1S/C12H15BrN2O2/c1-14-11-3-4-15(12(11)16)9-5-8(13)6-10(7-9)17-2/h5-7,11,14H,3-4H2,1-2H3. The average molecular weight is 299 g/mol. The molecule has 2 rings (SSSR count). The van der Waals surface area contributed by atoms with Crippen LogP contribution in [0.2, 0.25) is 0 Å². The summed E-state index contributed by atoms with van der Waals surface area (Å²) >= 11 is 3.42. The van der Waals surface area contributed by atoms with Gasteiger partial charge in [-0.3, -0.25) is 4.79 Å². The highest BCUT2D eigenvalue weighted by Crippen LogP contribution is 2.29. The Morgan fingerprint density at radius 1 is 1.47 bits per heavy atom. The van der Waals surface area contributed by atoms with Crippen LogP contribution >= 0.6 is 15.9 Å². The summed E-state index contributed by atoms with van der Waals surface area (Å²) in [4.78, 5) is 13.8. The Hall–Kier alpha value is -1.07. The number of nitrogens with zero attached hydrogens (tertiary/aromatic N) is 1. The molecule has 1 aliphatic heterocycles. The zero-order valence-corrected chi connectivity index (χ0v) is 11.5. The first-order chi connectivity index (χ1) is 8.15. The van der Waals surface area contributed by atoms with Crippen LogP contribution in [0.25, 0.3) is 0 Å². The summed E-state index contributed by atoms with van der Waals surface area (Å²) in [7, 11) is 3.43. The predicted molar refractivity (Wildman–Crippen MR) is 70.5 cm³/mol. The molecule has 0 radical (unpaired) electrons. The molecule has 4 nitrogen and oxygen atoms in total. The molecule has 92 valence electrons. The Labute approximate surface area is 109 Å². The van der Waals surface area contributed by atoms with Crippen LogP contribution in [-0.4, -0.2) is 32.7 Å². The topological polar surface area (TPSA) is 41.6 Å². The van der Waals surface area contributed by atoms with E-state index < -0.39 is 0 Å². The summed E-state index contributed by atoms with van der Waals surface area (Å²) in [5.74, 6) is 0.864. The average Bonchev–Trinajstić information content (AvgIpc) is 2.69. The number of benzene rings is 1. The number of halogens is 1.